The standard InChI is InChI=1S/C18H21N3O4/c1-19-17(23)11-20-18(24)15(10-16(22)21-25)9-12-6-7-13-4-2-3-5-14(13)8-12/h2-8,15,25H,9-11H2,1H3,(H,19,23)(H,20,24)(H,21,22)/t15-/m1/s1. The zero-order valence-corrected chi connectivity index (χ0v) is 13.9. The van der Waals surface area contributed by atoms with Gasteiger partial charge in [-0.3, -0.25) is 19.6 Å². The minimum atomic E-state index is -0.696. The summed E-state index contributed by atoms with van der Waals surface area (Å²) in [5, 5.41) is 15.8. The van der Waals surface area contributed by atoms with Crippen LogP contribution in [0.25, 0.3) is 10.8 Å². The van der Waals surface area contributed by atoms with Gasteiger partial charge in [-0.2, -0.15) is 0 Å². The van der Waals surface area contributed by atoms with Gasteiger partial charge in [0.05, 0.1) is 12.5 Å². The lowest BCUT2D eigenvalue weighted by molar-refractivity contribution is -0.135. The summed E-state index contributed by atoms with van der Waals surface area (Å²) in [4.78, 5) is 35.1. The molecule has 1 atom stereocenters. The van der Waals surface area contributed by atoms with Crippen LogP contribution in [-0.2, 0) is 20.8 Å². The van der Waals surface area contributed by atoms with Crippen molar-refractivity contribution >= 4 is 28.5 Å². The molecular weight excluding hydrogens is 322 g/mol. The number of benzene rings is 2. The topological polar surface area (TPSA) is 108 Å². The van der Waals surface area contributed by atoms with Crippen LogP contribution in [0.5, 0.6) is 0 Å². The molecule has 0 unspecified atom stereocenters. The molecular formula is C18H21N3O4. The summed E-state index contributed by atoms with van der Waals surface area (Å²) in [5.41, 5.74) is 2.44. The molecule has 0 spiro atoms. The minimum absolute atomic E-state index is 0.162. The van der Waals surface area contributed by atoms with Crippen molar-refractivity contribution in [2.75, 3.05) is 13.6 Å². The fourth-order valence-electron chi connectivity index (χ4n) is 2.58. The maximum Gasteiger partial charge on any atom is 0.244 e. The summed E-state index contributed by atoms with van der Waals surface area (Å²) in [5.74, 6) is -2.09. The van der Waals surface area contributed by atoms with E-state index < -0.39 is 17.7 Å². The van der Waals surface area contributed by atoms with Gasteiger partial charge in [0, 0.05) is 13.5 Å². The Morgan fingerprint density at radius 3 is 2.44 bits per heavy atom. The van der Waals surface area contributed by atoms with Gasteiger partial charge in [0.1, 0.15) is 0 Å². The molecule has 2 aromatic rings. The second-order valence-corrected chi connectivity index (χ2v) is 5.71. The van der Waals surface area contributed by atoms with Crippen molar-refractivity contribution in [1.82, 2.24) is 16.1 Å². The highest BCUT2D eigenvalue weighted by molar-refractivity contribution is 5.89. The molecule has 0 fully saturated rings. The molecule has 7 nitrogen and oxygen atoms in total. The molecule has 0 aliphatic rings. The predicted molar refractivity (Wildman–Crippen MR) is 92.8 cm³/mol. The lowest BCUT2D eigenvalue weighted by Crippen LogP contribution is -2.40. The number of nitrogens with one attached hydrogen (secondary N) is 3. The zero-order valence-electron chi connectivity index (χ0n) is 13.9. The Balaban J connectivity index is 2.14. The van der Waals surface area contributed by atoms with E-state index in [1.807, 2.05) is 42.5 Å². The first kappa shape index (κ1) is 18.4. The first-order valence-corrected chi connectivity index (χ1v) is 7.92. The maximum absolute atomic E-state index is 12.3. The molecule has 132 valence electrons. The molecule has 25 heavy (non-hydrogen) atoms. The third-order valence-corrected chi connectivity index (χ3v) is 3.93. The Hall–Kier alpha value is -2.93. The highest BCUT2D eigenvalue weighted by Gasteiger charge is 2.22. The Labute approximate surface area is 145 Å². The number of hydroxylamine groups is 1. The van der Waals surface area contributed by atoms with Crippen molar-refractivity contribution in [3.8, 4) is 0 Å². The van der Waals surface area contributed by atoms with Crippen LogP contribution in [0.2, 0.25) is 0 Å². The SMILES string of the molecule is CNC(=O)CNC(=O)[C@@H](CC(=O)NO)Cc1ccc2ccccc2c1. The molecule has 0 aliphatic carbocycles. The summed E-state index contributed by atoms with van der Waals surface area (Å²) in [6.07, 6.45) is 0.140. The fraction of sp³-hybridized carbons (Fsp3) is 0.278. The predicted octanol–water partition coefficient (Wildman–Crippen LogP) is 0.756. The number of carbonyl (C=O) groups excluding carboxylic acids is 3. The van der Waals surface area contributed by atoms with E-state index in [1.165, 1.54) is 7.05 Å². The first-order chi connectivity index (χ1) is 12.0. The number of amides is 3. The highest BCUT2D eigenvalue weighted by atomic mass is 16.5. The molecule has 0 saturated carbocycles. The third-order valence-electron chi connectivity index (χ3n) is 3.93. The van der Waals surface area contributed by atoms with Crippen molar-refractivity contribution in [1.29, 1.82) is 0 Å². The number of likely N-dealkylation sites (N-methyl/N-ethyl adjacent to an activating group) is 1. The van der Waals surface area contributed by atoms with Crippen molar-refractivity contribution in [3.63, 3.8) is 0 Å². The second-order valence-electron chi connectivity index (χ2n) is 5.71. The normalized spacial score (nSPS) is 11.6. The van der Waals surface area contributed by atoms with Crippen LogP contribution in [0.15, 0.2) is 42.5 Å². The Kier molecular flexibility index (Phi) is 6.47. The average Bonchev–Trinajstić information content (AvgIpc) is 2.64. The molecule has 0 bridgehead atoms. The van der Waals surface area contributed by atoms with E-state index in [1.54, 1.807) is 5.48 Å². The van der Waals surface area contributed by atoms with E-state index in [2.05, 4.69) is 10.6 Å². The van der Waals surface area contributed by atoms with E-state index in [0.29, 0.717) is 6.42 Å². The van der Waals surface area contributed by atoms with Gasteiger partial charge in [-0.15, -0.1) is 0 Å². The number of carbonyl (C=O) groups is 3. The summed E-state index contributed by atoms with van der Waals surface area (Å²) < 4.78 is 0. The monoisotopic (exact) mass is 343 g/mol. The molecule has 0 heterocycles. The van der Waals surface area contributed by atoms with Gasteiger partial charge in [-0.05, 0) is 22.8 Å². The third kappa shape index (κ3) is 5.29. The van der Waals surface area contributed by atoms with Crippen LogP contribution in [0.3, 0.4) is 0 Å². The van der Waals surface area contributed by atoms with Gasteiger partial charge in [0.15, 0.2) is 0 Å². The smallest absolute Gasteiger partial charge is 0.244 e. The minimum Gasteiger partial charge on any atom is -0.358 e. The van der Waals surface area contributed by atoms with E-state index in [9.17, 15) is 14.4 Å². The molecule has 0 aromatic heterocycles. The zero-order chi connectivity index (χ0) is 18.2. The van der Waals surface area contributed by atoms with Gasteiger partial charge in [-0.25, -0.2) is 5.48 Å². The van der Waals surface area contributed by atoms with Crippen LogP contribution < -0.4 is 16.1 Å². The Morgan fingerprint density at radius 1 is 1.04 bits per heavy atom. The fourth-order valence-corrected chi connectivity index (χ4v) is 2.58. The Bertz CT molecular complexity index is 776. The molecule has 7 heteroatoms. The lowest BCUT2D eigenvalue weighted by Gasteiger charge is -2.16. The molecule has 0 saturated heterocycles. The van der Waals surface area contributed by atoms with Gasteiger partial charge in [0.25, 0.3) is 0 Å². The number of rotatable bonds is 7. The summed E-state index contributed by atoms with van der Waals surface area (Å²) in [6, 6.07) is 13.7. The molecule has 2 rings (SSSR count). The van der Waals surface area contributed by atoms with E-state index >= 15 is 0 Å². The van der Waals surface area contributed by atoms with Crippen molar-refractivity contribution in [2.45, 2.75) is 12.8 Å². The van der Waals surface area contributed by atoms with Gasteiger partial charge >= 0.3 is 0 Å². The molecule has 0 radical (unpaired) electrons. The number of hydrogen-bond donors (Lipinski definition) is 4. The van der Waals surface area contributed by atoms with Crippen LogP contribution in [-0.4, -0.2) is 36.5 Å². The van der Waals surface area contributed by atoms with Crippen LogP contribution >= 0.6 is 0 Å². The van der Waals surface area contributed by atoms with Crippen LogP contribution in [0.4, 0.5) is 0 Å². The quantitative estimate of drug-likeness (QED) is 0.440. The summed E-state index contributed by atoms with van der Waals surface area (Å²) in [7, 11) is 1.47. The van der Waals surface area contributed by atoms with E-state index in [4.69, 9.17) is 5.21 Å². The van der Waals surface area contributed by atoms with Crippen molar-refractivity contribution in [3.05, 3.63) is 48.0 Å². The second kappa shape index (κ2) is 8.79. The molecule has 3 amide bonds. The Morgan fingerprint density at radius 2 is 1.76 bits per heavy atom. The lowest BCUT2D eigenvalue weighted by atomic mass is 9.93. The number of hydrogen-bond acceptors (Lipinski definition) is 4. The summed E-state index contributed by atoms with van der Waals surface area (Å²) in [6.45, 7) is -0.162. The van der Waals surface area contributed by atoms with Crippen LogP contribution in [0.1, 0.15) is 12.0 Å². The molecule has 2 aromatic carbocycles. The van der Waals surface area contributed by atoms with E-state index in [0.717, 1.165) is 16.3 Å². The maximum atomic E-state index is 12.3. The molecule has 4 N–H and O–H groups in total. The molecule has 0 aliphatic heterocycles. The van der Waals surface area contributed by atoms with Gasteiger partial charge < -0.3 is 10.6 Å². The van der Waals surface area contributed by atoms with Crippen LogP contribution in [0, 0.1) is 5.92 Å². The average molecular weight is 343 g/mol. The largest absolute Gasteiger partial charge is 0.358 e. The van der Waals surface area contributed by atoms with Crippen molar-refractivity contribution in [2.24, 2.45) is 5.92 Å². The first-order valence-electron chi connectivity index (χ1n) is 7.92. The van der Waals surface area contributed by atoms with Gasteiger partial charge in [0.2, 0.25) is 17.7 Å². The van der Waals surface area contributed by atoms with Crippen molar-refractivity contribution < 1.29 is 19.6 Å². The highest BCUT2D eigenvalue weighted by Crippen LogP contribution is 2.19. The summed E-state index contributed by atoms with van der Waals surface area (Å²) >= 11 is 0. The number of fused-ring (bicyclic) bond motifs is 1. The van der Waals surface area contributed by atoms with E-state index in [-0.39, 0.29) is 18.9 Å². The van der Waals surface area contributed by atoms with Gasteiger partial charge in [-0.1, -0.05) is 42.5 Å².